The van der Waals surface area contributed by atoms with Crippen molar-refractivity contribution >= 4 is 34.4 Å². The van der Waals surface area contributed by atoms with Crippen molar-refractivity contribution in [3.8, 4) is 17.1 Å². The molecule has 1 amide bonds. The summed E-state index contributed by atoms with van der Waals surface area (Å²) >= 11 is 2.10. The molecule has 14 heteroatoms. The van der Waals surface area contributed by atoms with Crippen LogP contribution in [0, 0.1) is 3.57 Å². The van der Waals surface area contributed by atoms with Gasteiger partial charge in [-0.2, -0.15) is 31.3 Å². The van der Waals surface area contributed by atoms with Crippen molar-refractivity contribution in [1.82, 2.24) is 14.9 Å². The summed E-state index contributed by atoms with van der Waals surface area (Å²) in [5.41, 5.74) is -2.32. The largest absolute Gasteiger partial charge is 0.477 e. The molecule has 3 heterocycles. The number of benzene rings is 2. The molecule has 0 bridgehead atoms. The van der Waals surface area contributed by atoms with Gasteiger partial charge in [0.2, 0.25) is 11.8 Å². The number of morpholine rings is 1. The zero-order chi connectivity index (χ0) is 29.4. The first kappa shape index (κ1) is 29.4. The van der Waals surface area contributed by atoms with Gasteiger partial charge >= 0.3 is 12.4 Å². The van der Waals surface area contributed by atoms with Crippen LogP contribution in [0.2, 0.25) is 0 Å². The van der Waals surface area contributed by atoms with E-state index in [1.165, 1.54) is 4.90 Å². The van der Waals surface area contributed by atoms with Crippen molar-refractivity contribution in [3.63, 3.8) is 0 Å². The van der Waals surface area contributed by atoms with E-state index >= 15 is 0 Å². The number of alkyl halides is 6. The Morgan fingerprint density at radius 2 is 1.54 bits per heavy atom. The van der Waals surface area contributed by atoms with Crippen molar-refractivity contribution in [3.05, 3.63) is 68.3 Å². The van der Waals surface area contributed by atoms with E-state index in [0.717, 1.165) is 3.57 Å². The molecule has 1 saturated heterocycles. The Balaban J connectivity index is 1.60. The lowest BCUT2D eigenvalue weighted by molar-refractivity contribution is -0.143. The fraction of sp³-hybridized carbons (Fsp3) is 0.370. The smallest absolute Gasteiger partial charge is 0.416 e. The molecule has 3 aromatic rings. The fourth-order valence-corrected chi connectivity index (χ4v) is 5.29. The van der Waals surface area contributed by atoms with Crippen molar-refractivity contribution in [2.24, 2.45) is 0 Å². The third kappa shape index (κ3) is 6.52. The quantitative estimate of drug-likeness (QED) is 0.245. The maximum Gasteiger partial charge on any atom is 0.416 e. The average molecular weight is 692 g/mol. The molecule has 0 saturated carbocycles. The number of nitrogens with zero attached hydrogens (tertiary/aromatic N) is 4. The van der Waals surface area contributed by atoms with Gasteiger partial charge in [0.05, 0.1) is 36.6 Å². The molecule has 0 aliphatic carbocycles. The lowest BCUT2D eigenvalue weighted by Gasteiger charge is -2.30. The van der Waals surface area contributed by atoms with Crippen LogP contribution in [0.5, 0.6) is 5.88 Å². The highest BCUT2D eigenvalue weighted by molar-refractivity contribution is 14.1. The Kier molecular flexibility index (Phi) is 8.32. The van der Waals surface area contributed by atoms with Crippen LogP contribution in [-0.2, 0) is 23.6 Å². The summed E-state index contributed by atoms with van der Waals surface area (Å²) in [5, 5.41) is 0. The fourth-order valence-electron chi connectivity index (χ4n) is 4.64. The number of halogens is 7. The summed E-state index contributed by atoms with van der Waals surface area (Å²) in [6, 6.07) is 8.52. The molecular weight excluding hydrogens is 669 g/mol. The van der Waals surface area contributed by atoms with Gasteiger partial charge in [-0.15, -0.1) is 0 Å². The van der Waals surface area contributed by atoms with Crippen molar-refractivity contribution < 1.29 is 40.6 Å². The first-order valence-corrected chi connectivity index (χ1v) is 13.7. The van der Waals surface area contributed by atoms with Gasteiger partial charge in [0.25, 0.3) is 5.91 Å². The normalized spacial score (nSPS) is 16.6. The maximum absolute atomic E-state index is 14.0. The molecule has 0 radical (unpaired) electrons. The first-order valence-electron chi connectivity index (χ1n) is 12.6. The minimum Gasteiger partial charge on any atom is -0.477 e. The second kappa shape index (κ2) is 11.6. The predicted molar refractivity (Wildman–Crippen MR) is 145 cm³/mol. The average Bonchev–Trinajstić information content (AvgIpc) is 2.92. The number of carbonyl (C=O) groups excluding carboxylic acids is 1. The Labute approximate surface area is 244 Å². The van der Waals surface area contributed by atoms with Crippen LogP contribution in [0.1, 0.15) is 33.5 Å². The minimum absolute atomic E-state index is 0.00543. The summed E-state index contributed by atoms with van der Waals surface area (Å²) in [6.07, 6.45) is -9.72. The third-order valence-corrected chi connectivity index (χ3v) is 7.56. The topological polar surface area (TPSA) is 67.8 Å². The Bertz CT molecular complexity index is 1410. The van der Waals surface area contributed by atoms with Crippen LogP contribution in [0.4, 0.5) is 32.3 Å². The number of anilines is 1. The van der Waals surface area contributed by atoms with Crippen LogP contribution < -0.4 is 9.64 Å². The van der Waals surface area contributed by atoms with Gasteiger partial charge in [0.15, 0.2) is 0 Å². The monoisotopic (exact) mass is 692 g/mol. The Morgan fingerprint density at radius 3 is 2.17 bits per heavy atom. The van der Waals surface area contributed by atoms with Crippen LogP contribution >= 0.6 is 22.6 Å². The standard InChI is InChI=1S/C27H23F6IN4O3/c28-26(29,30)17-12-16(13-18(14-17)27(31,32)33)15-38-6-3-9-41-23-21(24(38)39)22(19-4-1-2-5-20(19)34)35-25(36-23)37-7-10-40-11-8-37/h1-2,4-5,12-14H,3,6-11,15H2. The Morgan fingerprint density at radius 1 is 0.878 bits per heavy atom. The van der Waals surface area contributed by atoms with E-state index < -0.39 is 35.9 Å². The van der Waals surface area contributed by atoms with E-state index in [4.69, 9.17) is 14.5 Å². The highest BCUT2D eigenvalue weighted by Crippen LogP contribution is 2.38. The number of hydrogen-bond acceptors (Lipinski definition) is 6. The molecule has 0 atom stereocenters. The lowest BCUT2D eigenvalue weighted by atomic mass is 10.0. The lowest BCUT2D eigenvalue weighted by Crippen LogP contribution is -2.38. The van der Waals surface area contributed by atoms with Crippen molar-refractivity contribution in [1.29, 1.82) is 0 Å². The molecule has 2 aliphatic heterocycles. The Hall–Kier alpha value is -3.14. The third-order valence-electron chi connectivity index (χ3n) is 6.62. The zero-order valence-electron chi connectivity index (χ0n) is 21.4. The zero-order valence-corrected chi connectivity index (χ0v) is 23.5. The second-order valence-electron chi connectivity index (χ2n) is 9.47. The summed E-state index contributed by atoms with van der Waals surface area (Å²) in [6.45, 7) is 1.63. The number of aromatic nitrogens is 2. The maximum atomic E-state index is 14.0. The van der Waals surface area contributed by atoms with Crippen molar-refractivity contribution in [2.45, 2.75) is 25.3 Å². The number of carbonyl (C=O) groups is 1. The molecule has 1 fully saturated rings. The SMILES string of the molecule is O=C1c2c(nc(N3CCOCC3)nc2-c2ccccc2I)OCCCN1Cc1cc(C(F)(F)F)cc(C(F)(F)F)c1. The first-order chi connectivity index (χ1) is 19.4. The van der Waals surface area contributed by atoms with Crippen LogP contribution in [-0.4, -0.2) is 60.2 Å². The number of hydrogen-bond donors (Lipinski definition) is 0. The minimum atomic E-state index is -5.00. The highest BCUT2D eigenvalue weighted by Gasteiger charge is 2.38. The van der Waals surface area contributed by atoms with E-state index in [-0.39, 0.29) is 48.3 Å². The van der Waals surface area contributed by atoms with Gasteiger partial charge in [-0.1, -0.05) is 18.2 Å². The number of ether oxygens (including phenoxy) is 2. The van der Waals surface area contributed by atoms with E-state index in [0.29, 0.717) is 49.9 Å². The molecular formula is C27H23F6IN4O3. The molecule has 1 aromatic heterocycles. The summed E-state index contributed by atoms with van der Waals surface area (Å²) in [5.74, 6) is -0.325. The van der Waals surface area contributed by atoms with Gasteiger partial charge < -0.3 is 19.3 Å². The molecule has 41 heavy (non-hydrogen) atoms. The van der Waals surface area contributed by atoms with Gasteiger partial charge in [-0.05, 0) is 58.8 Å². The number of amides is 1. The van der Waals surface area contributed by atoms with E-state index in [1.807, 2.05) is 17.0 Å². The van der Waals surface area contributed by atoms with Gasteiger partial charge in [0, 0.05) is 35.3 Å². The highest BCUT2D eigenvalue weighted by atomic mass is 127. The molecule has 7 nitrogen and oxygen atoms in total. The summed E-state index contributed by atoms with van der Waals surface area (Å²) in [7, 11) is 0. The molecule has 218 valence electrons. The molecule has 2 aromatic carbocycles. The van der Waals surface area contributed by atoms with Crippen LogP contribution in [0.3, 0.4) is 0 Å². The van der Waals surface area contributed by atoms with Gasteiger partial charge in [0.1, 0.15) is 5.56 Å². The van der Waals surface area contributed by atoms with E-state index in [9.17, 15) is 31.1 Å². The predicted octanol–water partition coefficient (Wildman–Crippen LogP) is 6.05. The molecule has 0 N–H and O–H groups in total. The second-order valence-corrected chi connectivity index (χ2v) is 10.6. The summed E-state index contributed by atoms with van der Waals surface area (Å²) < 4.78 is 93.0. The van der Waals surface area contributed by atoms with Crippen LogP contribution in [0.15, 0.2) is 42.5 Å². The van der Waals surface area contributed by atoms with E-state index in [2.05, 4.69) is 27.6 Å². The number of fused-ring (bicyclic) bond motifs is 1. The van der Waals surface area contributed by atoms with Gasteiger partial charge in [-0.3, -0.25) is 4.79 Å². The molecule has 2 aliphatic rings. The molecule has 5 rings (SSSR count). The van der Waals surface area contributed by atoms with Crippen molar-refractivity contribution in [2.75, 3.05) is 44.4 Å². The van der Waals surface area contributed by atoms with Gasteiger partial charge in [-0.25, -0.2) is 4.98 Å². The molecule has 0 spiro atoms. The van der Waals surface area contributed by atoms with Crippen LogP contribution in [0.25, 0.3) is 11.3 Å². The number of rotatable bonds is 4. The molecule has 0 unspecified atom stereocenters. The summed E-state index contributed by atoms with van der Waals surface area (Å²) in [4.78, 5) is 26.4. The van der Waals surface area contributed by atoms with E-state index in [1.54, 1.807) is 12.1 Å².